The first-order valence-electron chi connectivity index (χ1n) is 39.4. The molecule has 1 fully saturated rings. The SMILES string of the molecule is CCCCC1NC(=O)C(C(C)CC)NC(=O)C(C(C)C)NC(=O)C(C(C)CC)NC(=O)C(CC(C)C)NC(=O)C(Cc2ccccc2)NC(=O)CSCC(C(=O)NCC(N)=O)NC(=O)C(CCCNC(=N)N)NC(=O)C(Cc2ccccc2)NC(=O)C(Cc2ccc(O)cc2)NC(=O)C(CCCNC(=N)N)NC(=O)C(CC(=O)O)NC1=O. The summed E-state index contributed by atoms with van der Waals surface area (Å²) in [5, 5.41) is 75.7. The predicted octanol–water partition coefficient (Wildman–Crippen LogP) is -1.43. The molecule has 644 valence electrons. The van der Waals surface area contributed by atoms with Crippen LogP contribution >= 0.6 is 11.8 Å². The Morgan fingerprint density at radius 2 is 0.821 bits per heavy atom. The summed E-state index contributed by atoms with van der Waals surface area (Å²) in [6.07, 6.45) is -1.16. The second-order valence-corrected chi connectivity index (χ2v) is 30.9. The molecule has 0 saturated carbocycles. The van der Waals surface area contributed by atoms with E-state index in [-0.39, 0.29) is 95.4 Å². The van der Waals surface area contributed by atoms with Crippen molar-refractivity contribution < 1.29 is 82.1 Å². The number of carboxylic acids is 1. The minimum absolute atomic E-state index is 0.0145. The summed E-state index contributed by atoms with van der Waals surface area (Å²) in [4.78, 5) is 216. The van der Waals surface area contributed by atoms with Crippen LogP contribution < -0.4 is 97.0 Å². The number of guanidine groups is 2. The molecule has 3 aromatic carbocycles. The lowest BCUT2D eigenvalue weighted by molar-refractivity contribution is -0.141. The Bertz CT molecular complexity index is 3860. The van der Waals surface area contributed by atoms with E-state index in [1.165, 1.54) is 24.3 Å². The molecule has 1 saturated heterocycles. The van der Waals surface area contributed by atoms with Crippen LogP contribution in [0.4, 0.5) is 0 Å². The third-order valence-electron chi connectivity index (χ3n) is 19.3. The van der Waals surface area contributed by atoms with Crippen LogP contribution in [0.15, 0.2) is 84.9 Å². The van der Waals surface area contributed by atoms with Gasteiger partial charge in [-0.2, -0.15) is 0 Å². The second-order valence-electron chi connectivity index (χ2n) is 29.9. The van der Waals surface area contributed by atoms with Gasteiger partial charge < -0.3 is 107 Å². The zero-order valence-electron chi connectivity index (χ0n) is 67.9. The number of benzene rings is 3. The molecule has 0 spiro atoms. The summed E-state index contributed by atoms with van der Waals surface area (Å²) in [5.74, 6) is -19.0. The summed E-state index contributed by atoms with van der Waals surface area (Å²) in [6, 6.07) is 3.76. The highest BCUT2D eigenvalue weighted by molar-refractivity contribution is 8.00. The summed E-state index contributed by atoms with van der Waals surface area (Å²) in [6.45, 7) is 14.7. The number of primary amides is 1. The third-order valence-corrected chi connectivity index (χ3v) is 20.4. The quantitative estimate of drug-likeness (QED) is 0.0215. The molecule has 0 aliphatic carbocycles. The normalized spacial score (nSPS) is 23.3. The van der Waals surface area contributed by atoms with Crippen LogP contribution in [0.25, 0.3) is 0 Å². The van der Waals surface area contributed by atoms with E-state index in [1.807, 2.05) is 0 Å². The van der Waals surface area contributed by atoms with Gasteiger partial charge in [-0.05, 0) is 91.0 Å². The second kappa shape index (κ2) is 50.7. The largest absolute Gasteiger partial charge is 0.508 e. The molecule has 0 radical (unpaired) electrons. The zero-order valence-corrected chi connectivity index (χ0v) is 68.7. The Kier molecular flexibility index (Phi) is 42.4. The summed E-state index contributed by atoms with van der Waals surface area (Å²) < 4.78 is 0. The van der Waals surface area contributed by atoms with E-state index in [9.17, 15) is 67.7 Å². The van der Waals surface area contributed by atoms with Crippen LogP contribution in [0.1, 0.15) is 150 Å². The van der Waals surface area contributed by atoms with Crippen molar-refractivity contribution in [1.82, 2.24) is 79.8 Å². The van der Waals surface area contributed by atoms with Crippen LogP contribution in [0.5, 0.6) is 5.75 Å². The van der Waals surface area contributed by atoms with Crippen molar-refractivity contribution in [2.45, 2.75) is 225 Å². The topological polar surface area (TPSA) is 603 Å². The molecule has 0 bridgehead atoms. The van der Waals surface area contributed by atoms with Crippen LogP contribution in [-0.2, 0) is 91.2 Å². The number of phenolic OH excluding ortho intramolecular Hbond substituents is 1. The number of unbranched alkanes of at least 4 members (excludes halogenated alkanes) is 1. The van der Waals surface area contributed by atoms with E-state index in [4.69, 9.17) is 28.0 Å². The van der Waals surface area contributed by atoms with Crippen LogP contribution in [-0.4, -0.2) is 214 Å². The summed E-state index contributed by atoms with van der Waals surface area (Å²) in [5.41, 5.74) is 18.0. The van der Waals surface area contributed by atoms with E-state index in [0.717, 1.165) is 11.8 Å². The van der Waals surface area contributed by atoms with E-state index in [0.29, 0.717) is 29.5 Å². The number of aliphatic carboxylic acids is 1. The molecule has 14 atom stereocenters. The molecule has 1 aliphatic heterocycles. The van der Waals surface area contributed by atoms with Gasteiger partial charge in [-0.15, -0.1) is 11.8 Å². The van der Waals surface area contributed by atoms with Gasteiger partial charge in [0.2, 0.25) is 82.7 Å². The maximum Gasteiger partial charge on any atom is 0.305 e. The van der Waals surface area contributed by atoms with Gasteiger partial charge >= 0.3 is 5.97 Å². The van der Waals surface area contributed by atoms with Crippen LogP contribution in [0, 0.1) is 34.5 Å². The number of carbonyl (C=O) groups excluding carboxylic acids is 14. The molecule has 3 aromatic rings. The third kappa shape index (κ3) is 35.6. The number of nitrogens with two attached hydrogens (primary N) is 3. The molecular weight excluding hydrogens is 1530 g/mol. The van der Waals surface area contributed by atoms with Crippen molar-refractivity contribution in [2.75, 3.05) is 31.1 Å². The number of rotatable bonds is 29. The molecule has 14 amide bonds. The van der Waals surface area contributed by atoms with Gasteiger partial charge in [0.25, 0.3) is 0 Å². The van der Waals surface area contributed by atoms with Crippen molar-refractivity contribution in [1.29, 1.82) is 10.8 Å². The lowest BCUT2D eigenvalue weighted by atomic mass is 9.94. The number of hydrogen-bond acceptors (Lipinski definition) is 19. The highest BCUT2D eigenvalue weighted by Crippen LogP contribution is 2.19. The maximum atomic E-state index is 15.2. The fourth-order valence-electron chi connectivity index (χ4n) is 12.4. The standard InChI is InChI=1S/C79H120N20O17S/c1-10-13-26-51-67(106)95-58(39-62(103)104)73(112)90-52(27-20-33-85-78(81)82)68(107)93-57(38-49-29-31-50(100)32-30-49)72(111)94-56(37-48-24-18-15-19-25-48)71(110)89-53(28-21-34-86-79(83)84)69(108)96-59(66(105)87-40-60(80)101)41-117-42-61(102)88-55(36-47-22-16-14-17-23-47)70(109)92-54(35-43(4)5)74(113)98-65(46(9)12-3)77(116)97-63(44(6)7)75(114)99-64(45(8)11-2)76(115)91-51/h14-19,22-25,29-32,43-46,51-59,63-65,100H,10-13,20-21,26-28,33-42H2,1-9H3,(H2,80,101)(H,87,105)(H,88,102)(H,89,110)(H,90,112)(H,91,115)(H,92,109)(H,93,107)(H,94,111)(H,95,106)(H,96,108)(H,97,116)(H,98,113)(H,99,114)(H,103,104)(H4,81,82,85)(H4,83,84,86). The number of carboxylic acid groups (broad SMARTS) is 1. The Labute approximate surface area is 686 Å². The Morgan fingerprint density at radius 1 is 0.453 bits per heavy atom. The fraction of sp³-hybridized carbons (Fsp3) is 0.557. The Hall–Kier alpha value is -11.6. The van der Waals surface area contributed by atoms with E-state index >= 15 is 14.4 Å². The van der Waals surface area contributed by atoms with Crippen molar-refractivity contribution in [3.63, 3.8) is 0 Å². The average Bonchev–Trinajstić information content (AvgIpc) is 0.839. The number of aromatic hydroxyl groups is 1. The molecule has 38 heteroatoms. The first-order chi connectivity index (χ1) is 55.4. The zero-order chi connectivity index (χ0) is 87.0. The first kappa shape index (κ1) is 97.8. The lowest BCUT2D eigenvalue weighted by Crippen LogP contribution is -2.62. The van der Waals surface area contributed by atoms with Gasteiger partial charge in [-0.1, -0.05) is 161 Å². The van der Waals surface area contributed by atoms with E-state index in [2.05, 4.69) is 79.8 Å². The molecule has 1 heterocycles. The predicted molar refractivity (Wildman–Crippen MR) is 438 cm³/mol. The Balaban J connectivity index is 1.98. The average molecular weight is 1650 g/mol. The molecule has 4 rings (SSSR count). The molecule has 1 aliphatic rings. The van der Waals surface area contributed by atoms with Gasteiger partial charge in [0.1, 0.15) is 78.3 Å². The van der Waals surface area contributed by atoms with E-state index < -0.39 is 215 Å². The molecular formula is C79H120N20O17S. The molecule has 14 unspecified atom stereocenters. The van der Waals surface area contributed by atoms with Crippen molar-refractivity contribution in [3.05, 3.63) is 102 Å². The van der Waals surface area contributed by atoms with Gasteiger partial charge in [0.05, 0.1) is 18.7 Å². The van der Waals surface area contributed by atoms with Gasteiger partial charge in [-0.25, -0.2) is 0 Å². The molecule has 117 heavy (non-hydrogen) atoms. The number of nitrogens with one attached hydrogen (secondary N) is 17. The first-order valence-corrected chi connectivity index (χ1v) is 40.6. The number of amides is 14. The van der Waals surface area contributed by atoms with E-state index in [1.54, 1.807) is 123 Å². The minimum atomic E-state index is -1.98. The van der Waals surface area contributed by atoms with Gasteiger partial charge in [-0.3, -0.25) is 82.7 Å². The minimum Gasteiger partial charge on any atom is -0.508 e. The maximum absolute atomic E-state index is 15.2. The number of thioether (sulfide) groups is 1. The monoisotopic (exact) mass is 1650 g/mol. The highest BCUT2D eigenvalue weighted by atomic mass is 32.2. The van der Waals surface area contributed by atoms with Gasteiger partial charge in [0, 0.05) is 38.1 Å². The van der Waals surface area contributed by atoms with Gasteiger partial charge in [0.15, 0.2) is 11.9 Å². The fourth-order valence-corrected chi connectivity index (χ4v) is 13.2. The van der Waals surface area contributed by atoms with Crippen molar-refractivity contribution in [2.24, 2.45) is 40.9 Å². The number of carbonyl (C=O) groups is 15. The van der Waals surface area contributed by atoms with Crippen LogP contribution in [0.2, 0.25) is 0 Å². The highest BCUT2D eigenvalue weighted by Gasteiger charge is 2.40. The summed E-state index contributed by atoms with van der Waals surface area (Å²) >= 11 is 0.803. The number of phenols is 1. The lowest BCUT2D eigenvalue weighted by Gasteiger charge is -2.32. The molecule has 37 nitrogen and oxygen atoms in total. The summed E-state index contributed by atoms with van der Waals surface area (Å²) in [7, 11) is 0. The van der Waals surface area contributed by atoms with Crippen molar-refractivity contribution >= 4 is 112 Å². The smallest absolute Gasteiger partial charge is 0.305 e. The molecule has 0 aromatic heterocycles. The van der Waals surface area contributed by atoms with Crippen molar-refractivity contribution in [3.8, 4) is 5.75 Å². The number of hydrogen-bond donors (Lipinski definition) is 22. The van der Waals surface area contributed by atoms with Crippen LogP contribution in [0.3, 0.4) is 0 Å². The Morgan fingerprint density at radius 3 is 1.26 bits per heavy atom. The molecule has 25 N–H and O–H groups in total.